The van der Waals surface area contributed by atoms with E-state index in [0.29, 0.717) is 0 Å². The van der Waals surface area contributed by atoms with Gasteiger partial charge in [0.05, 0.1) is 6.42 Å². The predicted octanol–water partition coefficient (Wildman–Crippen LogP) is 3.64. The van der Waals surface area contributed by atoms with Crippen molar-refractivity contribution < 1.29 is 14.7 Å². The molecule has 0 aliphatic heterocycles. The number of carboxylic acid groups (broad SMARTS) is 1. The monoisotopic (exact) mass is 277 g/mol. The van der Waals surface area contributed by atoms with Gasteiger partial charge in [-0.05, 0) is 36.5 Å². The molecule has 0 aliphatic rings. The number of rotatable bonds is 7. The zero-order valence-electron chi connectivity index (χ0n) is 12.3. The van der Waals surface area contributed by atoms with E-state index < -0.39 is 5.97 Å². The van der Waals surface area contributed by atoms with E-state index in [1.807, 2.05) is 45.0 Å². The van der Waals surface area contributed by atoms with Gasteiger partial charge in [0.25, 0.3) is 0 Å². The summed E-state index contributed by atoms with van der Waals surface area (Å²) in [6.07, 6.45) is 1.77. The van der Waals surface area contributed by atoms with Gasteiger partial charge in [0.2, 0.25) is 5.91 Å². The standard InChI is InChI=1S/C16H23NO3/c1-4-12(5-2)16(20)17-14-8-6-13(7-9-14)11(3)10-15(18)19/h6-9,11-12H,4-5,10H2,1-3H3,(H,17,20)(H,18,19). The molecule has 2 N–H and O–H groups in total. The molecule has 0 spiro atoms. The third-order valence-electron chi connectivity index (χ3n) is 3.58. The van der Waals surface area contributed by atoms with Crippen LogP contribution in [-0.2, 0) is 9.59 Å². The molecule has 0 bridgehead atoms. The van der Waals surface area contributed by atoms with E-state index in [-0.39, 0.29) is 24.2 Å². The molecule has 1 aromatic carbocycles. The fourth-order valence-electron chi connectivity index (χ4n) is 2.18. The highest BCUT2D eigenvalue weighted by Crippen LogP contribution is 2.21. The number of carboxylic acids is 1. The molecule has 1 atom stereocenters. The molecule has 0 saturated heterocycles. The van der Waals surface area contributed by atoms with E-state index in [0.717, 1.165) is 24.1 Å². The molecule has 0 aliphatic carbocycles. The number of anilines is 1. The van der Waals surface area contributed by atoms with E-state index in [4.69, 9.17) is 5.11 Å². The average molecular weight is 277 g/mol. The lowest BCUT2D eigenvalue weighted by Crippen LogP contribution is -2.21. The molecule has 0 radical (unpaired) electrons. The number of aliphatic carboxylic acids is 1. The molecule has 4 heteroatoms. The molecule has 110 valence electrons. The molecular formula is C16H23NO3. The quantitative estimate of drug-likeness (QED) is 0.799. The second-order valence-electron chi connectivity index (χ2n) is 5.12. The summed E-state index contributed by atoms with van der Waals surface area (Å²) < 4.78 is 0. The Morgan fingerprint density at radius 3 is 2.15 bits per heavy atom. The molecule has 1 unspecified atom stereocenters. The van der Waals surface area contributed by atoms with Gasteiger partial charge < -0.3 is 10.4 Å². The maximum absolute atomic E-state index is 12.0. The van der Waals surface area contributed by atoms with E-state index in [9.17, 15) is 9.59 Å². The SMILES string of the molecule is CCC(CC)C(=O)Nc1ccc(C(C)CC(=O)O)cc1. The van der Waals surface area contributed by atoms with Crippen LogP contribution in [0, 0.1) is 5.92 Å². The highest BCUT2D eigenvalue weighted by Gasteiger charge is 2.14. The Bertz CT molecular complexity index is 449. The van der Waals surface area contributed by atoms with Crippen molar-refractivity contribution in [2.24, 2.45) is 5.92 Å². The number of hydrogen-bond donors (Lipinski definition) is 2. The number of amides is 1. The predicted molar refractivity (Wildman–Crippen MR) is 79.8 cm³/mol. The van der Waals surface area contributed by atoms with Gasteiger partial charge in [-0.3, -0.25) is 9.59 Å². The average Bonchev–Trinajstić information content (AvgIpc) is 2.40. The highest BCUT2D eigenvalue weighted by atomic mass is 16.4. The van der Waals surface area contributed by atoms with E-state index >= 15 is 0 Å². The molecule has 1 aromatic rings. The van der Waals surface area contributed by atoms with Gasteiger partial charge in [0.15, 0.2) is 0 Å². The number of hydrogen-bond acceptors (Lipinski definition) is 2. The van der Waals surface area contributed by atoms with Crippen molar-refractivity contribution in [1.29, 1.82) is 0 Å². The molecule has 0 fully saturated rings. The van der Waals surface area contributed by atoms with Crippen molar-refractivity contribution in [2.45, 2.75) is 46.0 Å². The zero-order valence-corrected chi connectivity index (χ0v) is 12.3. The minimum absolute atomic E-state index is 0.0312. The van der Waals surface area contributed by atoms with Crippen molar-refractivity contribution in [1.82, 2.24) is 0 Å². The highest BCUT2D eigenvalue weighted by molar-refractivity contribution is 5.92. The molecule has 0 heterocycles. The Morgan fingerprint density at radius 2 is 1.70 bits per heavy atom. The van der Waals surface area contributed by atoms with Crippen LogP contribution in [0.2, 0.25) is 0 Å². The summed E-state index contributed by atoms with van der Waals surface area (Å²) in [6, 6.07) is 7.40. The van der Waals surface area contributed by atoms with Crippen LogP contribution in [0.5, 0.6) is 0 Å². The zero-order chi connectivity index (χ0) is 15.1. The fourth-order valence-corrected chi connectivity index (χ4v) is 2.18. The smallest absolute Gasteiger partial charge is 0.303 e. The summed E-state index contributed by atoms with van der Waals surface area (Å²) >= 11 is 0. The lowest BCUT2D eigenvalue weighted by molar-refractivity contribution is -0.137. The van der Waals surface area contributed by atoms with Crippen molar-refractivity contribution in [3.8, 4) is 0 Å². The van der Waals surface area contributed by atoms with Gasteiger partial charge in [-0.2, -0.15) is 0 Å². The Kier molecular flexibility index (Phi) is 6.22. The van der Waals surface area contributed by atoms with Crippen LogP contribution in [0.15, 0.2) is 24.3 Å². The molecule has 0 aromatic heterocycles. The summed E-state index contributed by atoms with van der Waals surface area (Å²) in [6.45, 7) is 5.89. The van der Waals surface area contributed by atoms with E-state index in [1.54, 1.807) is 0 Å². The van der Waals surface area contributed by atoms with Crippen LogP contribution in [-0.4, -0.2) is 17.0 Å². The summed E-state index contributed by atoms with van der Waals surface area (Å²) in [4.78, 5) is 22.6. The molecule has 20 heavy (non-hydrogen) atoms. The second-order valence-corrected chi connectivity index (χ2v) is 5.12. The van der Waals surface area contributed by atoms with E-state index in [2.05, 4.69) is 5.32 Å². The first kappa shape index (κ1) is 16.2. The van der Waals surface area contributed by atoms with Crippen LogP contribution < -0.4 is 5.32 Å². The van der Waals surface area contributed by atoms with Crippen LogP contribution in [0.25, 0.3) is 0 Å². The topological polar surface area (TPSA) is 66.4 Å². The maximum atomic E-state index is 12.0. The van der Waals surface area contributed by atoms with Crippen molar-refractivity contribution in [3.63, 3.8) is 0 Å². The number of carbonyl (C=O) groups is 2. The summed E-state index contributed by atoms with van der Waals surface area (Å²) in [5.74, 6) is -0.748. The van der Waals surface area contributed by atoms with Crippen LogP contribution in [0.1, 0.15) is 51.5 Å². The summed E-state index contributed by atoms with van der Waals surface area (Å²) in [5.41, 5.74) is 1.72. The van der Waals surface area contributed by atoms with Crippen LogP contribution >= 0.6 is 0 Å². The Hall–Kier alpha value is -1.84. The number of nitrogens with one attached hydrogen (secondary N) is 1. The number of benzene rings is 1. The third-order valence-corrected chi connectivity index (χ3v) is 3.58. The lowest BCUT2D eigenvalue weighted by atomic mass is 9.97. The molecule has 4 nitrogen and oxygen atoms in total. The second kappa shape index (κ2) is 7.68. The Morgan fingerprint density at radius 1 is 1.15 bits per heavy atom. The molecular weight excluding hydrogens is 254 g/mol. The van der Waals surface area contributed by atoms with Crippen LogP contribution in [0.3, 0.4) is 0 Å². The fraction of sp³-hybridized carbons (Fsp3) is 0.500. The maximum Gasteiger partial charge on any atom is 0.303 e. The first-order valence-electron chi connectivity index (χ1n) is 7.10. The van der Waals surface area contributed by atoms with Gasteiger partial charge in [0.1, 0.15) is 0 Å². The minimum Gasteiger partial charge on any atom is -0.481 e. The Labute approximate surface area is 120 Å². The number of carbonyl (C=O) groups excluding carboxylic acids is 1. The van der Waals surface area contributed by atoms with Crippen molar-refractivity contribution >= 4 is 17.6 Å². The summed E-state index contributed by atoms with van der Waals surface area (Å²) in [7, 11) is 0. The molecule has 1 amide bonds. The largest absolute Gasteiger partial charge is 0.481 e. The van der Waals surface area contributed by atoms with Gasteiger partial charge in [-0.1, -0.05) is 32.9 Å². The van der Waals surface area contributed by atoms with E-state index in [1.165, 1.54) is 0 Å². The van der Waals surface area contributed by atoms with Gasteiger partial charge >= 0.3 is 5.97 Å². The van der Waals surface area contributed by atoms with Gasteiger partial charge in [-0.25, -0.2) is 0 Å². The first-order valence-corrected chi connectivity index (χ1v) is 7.10. The van der Waals surface area contributed by atoms with Gasteiger partial charge in [0, 0.05) is 11.6 Å². The normalized spacial score (nSPS) is 12.2. The third kappa shape index (κ3) is 4.68. The first-order chi connectivity index (χ1) is 9.47. The summed E-state index contributed by atoms with van der Waals surface area (Å²) in [5, 5.41) is 11.7. The van der Waals surface area contributed by atoms with Gasteiger partial charge in [-0.15, -0.1) is 0 Å². The van der Waals surface area contributed by atoms with Crippen LogP contribution in [0.4, 0.5) is 5.69 Å². The molecule has 1 rings (SSSR count). The Balaban J connectivity index is 2.67. The van der Waals surface area contributed by atoms with Crippen molar-refractivity contribution in [2.75, 3.05) is 5.32 Å². The molecule has 0 saturated carbocycles. The van der Waals surface area contributed by atoms with Crippen molar-refractivity contribution in [3.05, 3.63) is 29.8 Å². The minimum atomic E-state index is -0.802. The lowest BCUT2D eigenvalue weighted by Gasteiger charge is -2.14.